The van der Waals surface area contributed by atoms with Gasteiger partial charge in [-0.3, -0.25) is 0 Å². The van der Waals surface area contributed by atoms with Crippen LogP contribution in [0.25, 0.3) is 0 Å². The summed E-state index contributed by atoms with van der Waals surface area (Å²) in [7, 11) is 0. The van der Waals surface area contributed by atoms with Crippen molar-refractivity contribution in [3.8, 4) is 0 Å². The molecule has 0 heterocycles. The van der Waals surface area contributed by atoms with Crippen LogP contribution in [0.1, 0.15) is 34.6 Å². The van der Waals surface area contributed by atoms with Crippen LogP contribution in [0.2, 0.25) is 0 Å². The molecule has 1 aliphatic carbocycles. The average Bonchev–Trinajstić information content (AvgIpc) is 2.56. The fourth-order valence-electron chi connectivity index (χ4n) is 3.04. The maximum absolute atomic E-state index is 13.4. The number of fused-ring (bicyclic) bond motifs is 2. The van der Waals surface area contributed by atoms with Gasteiger partial charge in [-0.1, -0.05) is 36.4 Å². The third-order valence-corrected chi connectivity index (χ3v) is 3.96. The first kappa shape index (κ1) is 12.2. The Balaban J connectivity index is 2.11. The number of hydrogen-bond donors (Lipinski definition) is 0. The predicted octanol–water partition coefficient (Wildman–Crippen LogP) is 4.63. The maximum Gasteiger partial charge on any atom is 0.123 e. The third-order valence-electron chi connectivity index (χ3n) is 3.96. The van der Waals surface area contributed by atoms with Gasteiger partial charge in [0.1, 0.15) is 5.82 Å². The summed E-state index contributed by atoms with van der Waals surface area (Å²) in [4.78, 5) is 0. The number of allylic oxidation sites excluding steroid dienone is 1. The van der Waals surface area contributed by atoms with Gasteiger partial charge in [0.2, 0.25) is 0 Å². The van der Waals surface area contributed by atoms with Gasteiger partial charge in [-0.25, -0.2) is 4.39 Å². The van der Waals surface area contributed by atoms with Crippen molar-refractivity contribution >= 4 is 0 Å². The number of rotatable bonds is 2. The lowest BCUT2D eigenvalue weighted by atomic mass is 9.89. The molecular weight excluding hydrogens is 235 g/mol. The molecule has 2 aromatic rings. The van der Waals surface area contributed by atoms with Crippen LogP contribution in [-0.4, -0.2) is 0 Å². The Hall–Kier alpha value is -1.89. The molecule has 0 nitrogen and oxygen atoms in total. The molecule has 0 aliphatic heterocycles. The van der Waals surface area contributed by atoms with E-state index in [2.05, 4.69) is 30.8 Å². The molecule has 0 saturated heterocycles. The Bertz CT molecular complexity index is 613. The molecule has 0 amide bonds. The van der Waals surface area contributed by atoms with E-state index in [-0.39, 0.29) is 5.82 Å². The Kier molecular flexibility index (Phi) is 3.20. The van der Waals surface area contributed by atoms with E-state index in [4.69, 9.17) is 0 Å². The summed E-state index contributed by atoms with van der Waals surface area (Å²) in [5, 5.41) is 0. The minimum absolute atomic E-state index is 0.137. The average molecular weight is 252 g/mol. The summed E-state index contributed by atoms with van der Waals surface area (Å²) >= 11 is 0. The van der Waals surface area contributed by atoms with E-state index in [1.807, 2.05) is 12.1 Å². The Labute approximate surface area is 113 Å². The Morgan fingerprint density at radius 2 is 1.95 bits per heavy atom. The molecule has 0 fully saturated rings. The standard InChI is InChI=1S/C18H17F/c1-2-5-14-11-16-12-17(19)9-8-13(16)10-15-6-3-4-7-18(14)15/h2-4,6-9,12,14H,1,5,10-11H2/t14-/m0/s1. The minimum Gasteiger partial charge on any atom is -0.207 e. The van der Waals surface area contributed by atoms with Crippen molar-refractivity contribution in [1.29, 1.82) is 0 Å². The summed E-state index contributed by atoms with van der Waals surface area (Å²) in [5.74, 6) is 0.277. The molecule has 96 valence electrons. The topological polar surface area (TPSA) is 0 Å². The van der Waals surface area contributed by atoms with Gasteiger partial charge in [0, 0.05) is 0 Å². The first-order chi connectivity index (χ1) is 9.28. The van der Waals surface area contributed by atoms with Gasteiger partial charge in [0.15, 0.2) is 0 Å². The normalized spacial score (nSPS) is 17.2. The van der Waals surface area contributed by atoms with E-state index in [9.17, 15) is 4.39 Å². The van der Waals surface area contributed by atoms with Gasteiger partial charge in [0.05, 0.1) is 0 Å². The highest BCUT2D eigenvalue weighted by Crippen LogP contribution is 2.34. The Morgan fingerprint density at radius 3 is 2.79 bits per heavy atom. The smallest absolute Gasteiger partial charge is 0.123 e. The van der Waals surface area contributed by atoms with E-state index in [1.54, 1.807) is 12.1 Å². The molecule has 1 atom stereocenters. The third kappa shape index (κ3) is 2.33. The molecule has 0 unspecified atom stereocenters. The lowest BCUT2D eigenvalue weighted by molar-refractivity contribution is 0.620. The fourth-order valence-corrected chi connectivity index (χ4v) is 3.04. The van der Waals surface area contributed by atoms with Gasteiger partial charge < -0.3 is 0 Å². The highest BCUT2D eigenvalue weighted by molar-refractivity contribution is 5.43. The highest BCUT2D eigenvalue weighted by Gasteiger charge is 2.21. The van der Waals surface area contributed by atoms with E-state index < -0.39 is 0 Å². The quantitative estimate of drug-likeness (QED) is 0.683. The molecule has 2 aromatic carbocycles. The second-order valence-electron chi connectivity index (χ2n) is 5.21. The van der Waals surface area contributed by atoms with Gasteiger partial charge in [-0.15, -0.1) is 6.58 Å². The fraction of sp³-hybridized carbons (Fsp3) is 0.222. The van der Waals surface area contributed by atoms with Crippen LogP contribution in [0, 0.1) is 5.82 Å². The Morgan fingerprint density at radius 1 is 1.11 bits per heavy atom. The summed E-state index contributed by atoms with van der Waals surface area (Å²) in [5.41, 5.74) is 5.14. The van der Waals surface area contributed by atoms with Crippen molar-refractivity contribution in [1.82, 2.24) is 0 Å². The van der Waals surface area contributed by atoms with E-state index in [0.29, 0.717) is 5.92 Å². The maximum atomic E-state index is 13.4. The highest BCUT2D eigenvalue weighted by atomic mass is 19.1. The van der Waals surface area contributed by atoms with E-state index in [1.165, 1.54) is 16.7 Å². The monoisotopic (exact) mass is 252 g/mol. The van der Waals surface area contributed by atoms with Crippen molar-refractivity contribution in [3.63, 3.8) is 0 Å². The number of hydrogen-bond acceptors (Lipinski definition) is 0. The van der Waals surface area contributed by atoms with Crippen LogP contribution < -0.4 is 0 Å². The van der Waals surface area contributed by atoms with Crippen LogP contribution in [0.4, 0.5) is 4.39 Å². The van der Waals surface area contributed by atoms with Gasteiger partial charge >= 0.3 is 0 Å². The van der Waals surface area contributed by atoms with Crippen molar-refractivity contribution in [2.75, 3.05) is 0 Å². The molecular formula is C18H17F. The molecule has 0 radical (unpaired) electrons. The largest absolute Gasteiger partial charge is 0.207 e. The van der Waals surface area contributed by atoms with Crippen molar-refractivity contribution in [2.45, 2.75) is 25.2 Å². The van der Waals surface area contributed by atoms with E-state index in [0.717, 1.165) is 24.8 Å². The predicted molar refractivity (Wildman–Crippen MR) is 76.9 cm³/mol. The lowest BCUT2D eigenvalue weighted by Crippen LogP contribution is -2.02. The second-order valence-corrected chi connectivity index (χ2v) is 5.21. The molecule has 0 aromatic heterocycles. The summed E-state index contributed by atoms with van der Waals surface area (Å²) < 4.78 is 13.4. The van der Waals surface area contributed by atoms with Crippen LogP contribution in [-0.2, 0) is 12.8 Å². The molecule has 0 spiro atoms. The van der Waals surface area contributed by atoms with Crippen molar-refractivity contribution < 1.29 is 4.39 Å². The zero-order valence-electron chi connectivity index (χ0n) is 10.9. The first-order valence-electron chi connectivity index (χ1n) is 6.74. The van der Waals surface area contributed by atoms with Crippen LogP contribution in [0.5, 0.6) is 0 Å². The molecule has 0 bridgehead atoms. The van der Waals surface area contributed by atoms with Crippen LogP contribution >= 0.6 is 0 Å². The number of benzene rings is 2. The van der Waals surface area contributed by atoms with Crippen LogP contribution in [0.15, 0.2) is 55.1 Å². The molecule has 1 aliphatic rings. The van der Waals surface area contributed by atoms with Gasteiger partial charge in [0.25, 0.3) is 0 Å². The molecule has 19 heavy (non-hydrogen) atoms. The van der Waals surface area contributed by atoms with Gasteiger partial charge in [-0.2, -0.15) is 0 Å². The zero-order chi connectivity index (χ0) is 13.2. The molecule has 0 saturated carbocycles. The summed E-state index contributed by atoms with van der Waals surface area (Å²) in [6.07, 6.45) is 4.70. The molecule has 0 N–H and O–H groups in total. The SMILES string of the molecule is C=CC[C@H]1Cc2cc(F)ccc2Cc2ccccc21. The first-order valence-corrected chi connectivity index (χ1v) is 6.74. The lowest BCUT2D eigenvalue weighted by Gasteiger charge is -2.16. The van der Waals surface area contributed by atoms with Crippen molar-refractivity contribution in [3.05, 3.63) is 83.2 Å². The second kappa shape index (κ2) is 5.00. The van der Waals surface area contributed by atoms with Crippen molar-refractivity contribution in [2.24, 2.45) is 0 Å². The molecule has 1 heteroatoms. The summed E-state index contributed by atoms with van der Waals surface area (Å²) in [6.45, 7) is 3.86. The number of halogens is 1. The zero-order valence-corrected chi connectivity index (χ0v) is 10.9. The summed E-state index contributed by atoms with van der Waals surface area (Å²) in [6, 6.07) is 13.7. The van der Waals surface area contributed by atoms with Crippen LogP contribution in [0.3, 0.4) is 0 Å². The van der Waals surface area contributed by atoms with Gasteiger partial charge in [-0.05, 0) is 59.6 Å². The minimum atomic E-state index is -0.137. The molecule has 3 rings (SSSR count). The van der Waals surface area contributed by atoms with E-state index >= 15 is 0 Å².